The minimum atomic E-state index is -0.238. The van der Waals surface area contributed by atoms with Crippen LogP contribution in [0.15, 0.2) is 17.9 Å². The van der Waals surface area contributed by atoms with Crippen LogP contribution >= 0.6 is 23.6 Å². The molecule has 6 heteroatoms. The summed E-state index contributed by atoms with van der Waals surface area (Å²) in [5.74, 6) is 0. The first-order valence-corrected chi connectivity index (χ1v) is 5.43. The van der Waals surface area contributed by atoms with Crippen LogP contribution in [0.3, 0.4) is 0 Å². The molecule has 0 bridgehead atoms. The van der Waals surface area contributed by atoms with Gasteiger partial charge in [-0.05, 0) is 26.1 Å². The van der Waals surface area contributed by atoms with E-state index in [0.717, 1.165) is 5.01 Å². The van der Waals surface area contributed by atoms with E-state index < -0.39 is 0 Å². The summed E-state index contributed by atoms with van der Waals surface area (Å²) in [4.78, 5) is 4.29. The number of aromatic nitrogens is 4. The third kappa shape index (κ3) is 1.40. The maximum Gasteiger partial charge on any atom is 0.195 e. The van der Waals surface area contributed by atoms with Gasteiger partial charge in [-0.15, -0.1) is 11.3 Å². The van der Waals surface area contributed by atoms with Crippen LogP contribution in [0.4, 0.5) is 0 Å². The zero-order valence-corrected chi connectivity index (χ0v) is 9.52. The van der Waals surface area contributed by atoms with Gasteiger partial charge in [0.15, 0.2) is 4.77 Å². The van der Waals surface area contributed by atoms with Crippen molar-refractivity contribution in [2.45, 2.75) is 19.4 Å². The zero-order chi connectivity index (χ0) is 10.2. The number of hydrogen-bond acceptors (Lipinski definition) is 4. The Hall–Kier alpha value is -1.01. The first-order chi connectivity index (χ1) is 6.62. The van der Waals surface area contributed by atoms with Gasteiger partial charge in [0.25, 0.3) is 0 Å². The molecular weight excluding hydrogens is 216 g/mol. The molecule has 0 amide bonds. The van der Waals surface area contributed by atoms with Crippen LogP contribution < -0.4 is 0 Å². The Kier molecular flexibility index (Phi) is 2.24. The molecule has 2 rings (SSSR count). The van der Waals surface area contributed by atoms with E-state index in [2.05, 4.69) is 29.0 Å². The lowest BCUT2D eigenvalue weighted by Crippen LogP contribution is -2.26. The van der Waals surface area contributed by atoms with Crippen molar-refractivity contribution >= 4 is 23.6 Å². The Balaban J connectivity index is 2.53. The molecular formula is C8H10N4S2. The predicted octanol–water partition coefficient (Wildman–Crippen LogP) is 2.18. The van der Waals surface area contributed by atoms with Crippen molar-refractivity contribution in [1.29, 1.82) is 0 Å². The monoisotopic (exact) mass is 226 g/mol. The molecule has 0 radical (unpaired) electrons. The summed E-state index contributed by atoms with van der Waals surface area (Å²) in [6.07, 6.45) is 3.50. The molecule has 0 unspecified atom stereocenters. The van der Waals surface area contributed by atoms with Crippen LogP contribution in [-0.2, 0) is 5.54 Å². The first kappa shape index (κ1) is 9.54. The fourth-order valence-corrected chi connectivity index (χ4v) is 2.36. The van der Waals surface area contributed by atoms with Crippen LogP contribution in [-0.4, -0.2) is 19.7 Å². The average molecular weight is 226 g/mol. The summed E-state index contributed by atoms with van der Waals surface area (Å²) in [7, 11) is 0. The number of thiazole rings is 1. The second kappa shape index (κ2) is 3.29. The molecule has 0 spiro atoms. The number of aromatic amines is 1. The minimum absolute atomic E-state index is 0.238. The minimum Gasteiger partial charge on any atom is -0.294 e. The summed E-state index contributed by atoms with van der Waals surface area (Å²) in [5, 5.41) is 9.63. The van der Waals surface area contributed by atoms with Gasteiger partial charge in [0.2, 0.25) is 0 Å². The quantitative estimate of drug-likeness (QED) is 0.798. The van der Waals surface area contributed by atoms with E-state index in [1.54, 1.807) is 23.9 Å². The lowest BCUT2D eigenvalue weighted by molar-refractivity contribution is 0.427. The Morgan fingerprint density at radius 2 is 2.36 bits per heavy atom. The Morgan fingerprint density at radius 3 is 2.86 bits per heavy atom. The van der Waals surface area contributed by atoms with Gasteiger partial charge in [-0.3, -0.25) is 9.67 Å². The van der Waals surface area contributed by atoms with Crippen LogP contribution in [0.1, 0.15) is 18.9 Å². The van der Waals surface area contributed by atoms with Crippen LogP contribution in [0, 0.1) is 4.77 Å². The van der Waals surface area contributed by atoms with Gasteiger partial charge in [-0.1, -0.05) is 0 Å². The number of nitrogens with one attached hydrogen (secondary N) is 1. The van der Waals surface area contributed by atoms with Crippen molar-refractivity contribution in [2.24, 2.45) is 0 Å². The van der Waals surface area contributed by atoms with E-state index in [9.17, 15) is 0 Å². The lowest BCUT2D eigenvalue weighted by Gasteiger charge is -2.22. The number of hydrogen-bond donors (Lipinski definition) is 1. The Morgan fingerprint density at radius 1 is 1.57 bits per heavy atom. The smallest absolute Gasteiger partial charge is 0.195 e. The maximum absolute atomic E-state index is 5.13. The number of rotatable bonds is 2. The summed E-state index contributed by atoms with van der Waals surface area (Å²) >= 11 is 6.75. The Bertz CT molecular complexity index is 466. The highest BCUT2D eigenvalue weighted by Gasteiger charge is 2.26. The third-order valence-electron chi connectivity index (χ3n) is 2.11. The van der Waals surface area contributed by atoms with Gasteiger partial charge < -0.3 is 0 Å². The summed E-state index contributed by atoms with van der Waals surface area (Å²) < 4.78 is 2.52. The lowest BCUT2D eigenvalue weighted by atomic mass is 10.1. The van der Waals surface area contributed by atoms with Crippen molar-refractivity contribution < 1.29 is 0 Å². The van der Waals surface area contributed by atoms with Crippen molar-refractivity contribution in [3.05, 3.63) is 27.7 Å². The molecule has 0 atom stereocenters. The highest BCUT2D eigenvalue weighted by molar-refractivity contribution is 7.71. The fraction of sp³-hybridized carbons (Fsp3) is 0.375. The van der Waals surface area contributed by atoms with Crippen LogP contribution in [0.25, 0.3) is 0 Å². The second-order valence-electron chi connectivity index (χ2n) is 3.43. The molecule has 0 aliphatic carbocycles. The molecule has 0 fully saturated rings. The Labute approximate surface area is 90.6 Å². The molecule has 1 N–H and O–H groups in total. The largest absolute Gasteiger partial charge is 0.294 e. The standard InChI is InChI=1S/C8H10N4S2/c1-8(2,6-9-3-4-14-6)12-5-10-11-7(12)13/h3-5H,1-2H3,(H,11,13). The van der Waals surface area contributed by atoms with Gasteiger partial charge >= 0.3 is 0 Å². The molecule has 0 saturated heterocycles. The van der Waals surface area contributed by atoms with Crippen molar-refractivity contribution in [3.8, 4) is 0 Å². The number of nitrogens with zero attached hydrogens (tertiary/aromatic N) is 3. The second-order valence-corrected chi connectivity index (χ2v) is 4.71. The SMILES string of the molecule is CC(C)(c1nccs1)n1cn[nH]c1=S. The molecule has 0 aromatic carbocycles. The molecule has 0 saturated carbocycles. The molecule has 2 aromatic rings. The van der Waals surface area contributed by atoms with Gasteiger partial charge in [-0.2, -0.15) is 5.10 Å². The summed E-state index contributed by atoms with van der Waals surface area (Å²) in [6.45, 7) is 4.13. The maximum atomic E-state index is 5.13. The topological polar surface area (TPSA) is 46.5 Å². The zero-order valence-electron chi connectivity index (χ0n) is 7.89. The summed E-state index contributed by atoms with van der Waals surface area (Å²) in [6, 6.07) is 0. The van der Waals surface area contributed by atoms with Crippen molar-refractivity contribution in [3.63, 3.8) is 0 Å². The van der Waals surface area contributed by atoms with Gasteiger partial charge in [-0.25, -0.2) is 4.98 Å². The van der Waals surface area contributed by atoms with Gasteiger partial charge in [0, 0.05) is 11.6 Å². The molecule has 2 aromatic heterocycles. The average Bonchev–Trinajstić information content (AvgIpc) is 2.72. The van der Waals surface area contributed by atoms with Gasteiger partial charge in [0.1, 0.15) is 11.3 Å². The number of H-pyrrole nitrogens is 1. The van der Waals surface area contributed by atoms with E-state index >= 15 is 0 Å². The highest BCUT2D eigenvalue weighted by atomic mass is 32.1. The van der Waals surface area contributed by atoms with Crippen molar-refractivity contribution in [2.75, 3.05) is 0 Å². The molecule has 0 aliphatic heterocycles. The molecule has 74 valence electrons. The molecule has 4 nitrogen and oxygen atoms in total. The highest BCUT2D eigenvalue weighted by Crippen LogP contribution is 2.26. The van der Waals surface area contributed by atoms with E-state index in [4.69, 9.17) is 12.2 Å². The van der Waals surface area contributed by atoms with E-state index in [1.165, 1.54) is 0 Å². The molecule has 0 aliphatic rings. The normalized spacial score (nSPS) is 11.9. The van der Waals surface area contributed by atoms with Crippen LogP contribution in [0.2, 0.25) is 0 Å². The summed E-state index contributed by atoms with van der Waals surface area (Å²) in [5.41, 5.74) is -0.238. The molecule has 14 heavy (non-hydrogen) atoms. The van der Waals surface area contributed by atoms with E-state index in [-0.39, 0.29) is 5.54 Å². The fourth-order valence-electron chi connectivity index (χ4n) is 1.27. The van der Waals surface area contributed by atoms with E-state index in [0.29, 0.717) is 4.77 Å². The predicted molar refractivity (Wildman–Crippen MR) is 57.9 cm³/mol. The third-order valence-corrected chi connectivity index (χ3v) is 3.48. The molecule has 2 heterocycles. The van der Waals surface area contributed by atoms with Crippen molar-refractivity contribution in [1.82, 2.24) is 19.7 Å². The first-order valence-electron chi connectivity index (χ1n) is 4.15. The van der Waals surface area contributed by atoms with Crippen LogP contribution in [0.5, 0.6) is 0 Å². The van der Waals surface area contributed by atoms with E-state index in [1.807, 2.05) is 9.95 Å². The van der Waals surface area contributed by atoms with Gasteiger partial charge in [0.05, 0.1) is 5.54 Å².